The first kappa shape index (κ1) is 16.8. The zero-order valence-electron chi connectivity index (χ0n) is 14.1. The highest BCUT2D eigenvalue weighted by Crippen LogP contribution is 2.18. The molecule has 3 rings (SSSR count). The highest BCUT2D eigenvalue weighted by molar-refractivity contribution is 5.94. The summed E-state index contributed by atoms with van der Waals surface area (Å²) in [4.78, 5) is 28.5. The minimum Gasteiger partial charge on any atom is -0.494 e. The largest absolute Gasteiger partial charge is 0.494 e. The van der Waals surface area contributed by atoms with E-state index in [2.05, 4.69) is 0 Å². The van der Waals surface area contributed by atoms with Gasteiger partial charge in [0.15, 0.2) is 0 Å². The summed E-state index contributed by atoms with van der Waals surface area (Å²) in [5.41, 5.74) is 0.650. The van der Waals surface area contributed by atoms with Gasteiger partial charge in [0.1, 0.15) is 11.9 Å². The summed E-state index contributed by atoms with van der Waals surface area (Å²) in [6.45, 7) is 5.47. The maximum Gasteiger partial charge on any atom is 0.253 e. The van der Waals surface area contributed by atoms with E-state index in [4.69, 9.17) is 9.47 Å². The third-order valence-electron chi connectivity index (χ3n) is 4.50. The molecule has 24 heavy (non-hydrogen) atoms. The van der Waals surface area contributed by atoms with Gasteiger partial charge in [0.2, 0.25) is 0 Å². The highest BCUT2D eigenvalue weighted by atomic mass is 16.5. The van der Waals surface area contributed by atoms with Gasteiger partial charge in [-0.2, -0.15) is 0 Å². The Labute approximate surface area is 142 Å². The number of hydrogen-bond donors (Lipinski definition) is 0. The zero-order chi connectivity index (χ0) is 16.9. The Bertz CT molecular complexity index is 573. The summed E-state index contributed by atoms with van der Waals surface area (Å²) < 4.78 is 10.9. The monoisotopic (exact) mass is 332 g/mol. The average Bonchev–Trinajstić information content (AvgIpc) is 3.16. The van der Waals surface area contributed by atoms with Crippen LogP contribution in [0, 0.1) is 0 Å². The zero-order valence-corrected chi connectivity index (χ0v) is 14.1. The number of hydrogen-bond acceptors (Lipinski definition) is 4. The Balaban J connectivity index is 1.53. The molecule has 0 N–H and O–H groups in total. The first-order valence-corrected chi connectivity index (χ1v) is 8.61. The summed E-state index contributed by atoms with van der Waals surface area (Å²) in [5.74, 6) is 0.837. The van der Waals surface area contributed by atoms with Crippen molar-refractivity contribution in [1.29, 1.82) is 0 Å². The number of carbonyl (C=O) groups is 2. The summed E-state index contributed by atoms with van der Waals surface area (Å²) >= 11 is 0. The summed E-state index contributed by atoms with van der Waals surface area (Å²) in [6.07, 6.45) is 1.48. The van der Waals surface area contributed by atoms with Gasteiger partial charge in [-0.05, 0) is 44.0 Å². The van der Waals surface area contributed by atoms with Crippen molar-refractivity contribution in [3.63, 3.8) is 0 Å². The van der Waals surface area contributed by atoms with Crippen LogP contribution in [-0.4, -0.2) is 67.1 Å². The molecule has 0 spiro atoms. The van der Waals surface area contributed by atoms with Crippen molar-refractivity contribution in [2.45, 2.75) is 25.9 Å². The van der Waals surface area contributed by atoms with E-state index in [9.17, 15) is 9.59 Å². The fraction of sp³-hybridized carbons (Fsp3) is 0.556. The average molecular weight is 332 g/mol. The molecule has 2 saturated heterocycles. The van der Waals surface area contributed by atoms with E-state index in [1.54, 1.807) is 17.0 Å². The molecule has 2 aliphatic rings. The minimum atomic E-state index is -0.279. The van der Waals surface area contributed by atoms with Crippen LogP contribution in [0.15, 0.2) is 24.3 Å². The molecule has 0 radical (unpaired) electrons. The molecule has 2 aliphatic heterocycles. The van der Waals surface area contributed by atoms with Gasteiger partial charge in [0, 0.05) is 38.3 Å². The predicted octanol–water partition coefficient (Wildman–Crippen LogP) is 1.55. The Hall–Kier alpha value is -2.08. The SMILES string of the molecule is CCOc1ccc(C(=O)N2CCN(C(=O)C3CCCO3)CC2)cc1. The summed E-state index contributed by atoms with van der Waals surface area (Å²) in [6, 6.07) is 7.20. The number of piperazine rings is 1. The molecule has 6 nitrogen and oxygen atoms in total. The number of ether oxygens (including phenoxy) is 2. The van der Waals surface area contributed by atoms with Gasteiger partial charge < -0.3 is 19.3 Å². The predicted molar refractivity (Wildman–Crippen MR) is 89.1 cm³/mol. The fourth-order valence-corrected chi connectivity index (χ4v) is 3.15. The lowest BCUT2D eigenvalue weighted by Crippen LogP contribution is -2.52. The summed E-state index contributed by atoms with van der Waals surface area (Å²) in [7, 11) is 0. The molecule has 1 aromatic rings. The maximum absolute atomic E-state index is 12.6. The van der Waals surface area contributed by atoms with E-state index >= 15 is 0 Å². The molecule has 0 aliphatic carbocycles. The number of nitrogens with zero attached hydrogens (tertiary/aromatic N) is 2. The van der Waals surface area contributed by atoms with Gasteiger partial charge >= 0.3 is 0 Å². The van der Waals surface area contributed by atoms with Crippen LogP contribution in [0.5, 0.6) is 5.75 Å². The molecule has 1 atom stereocenters. The molecule has 0 aromatic heterocycles. The van der Waals surface area contributed by atoms with Crippen LogP contribution in [0.3, 0.4) is 0 Å². The van der Waals surface area contributed by atoms with Gasteiger partial charge in [-0.1, -0.05) is 0 Å². The van der Waals surface area contributed by atoms with Crippen LogP contribution < -0.4 is 4.74 Å². The summed E-state index contributed by atoms with van der Waals surface area (Å²) in [5, 5.41) is 0. The molecule has 130 valence electrons. The molecule has 2 amide bonds. The van der Waals surface area contributed by atoms with Crippen molar-refractivity contribution in [3.05, 3.63) is 29.8 Å². The Morgan fingerprint density at radius 2 is 1.79 bits per heavy atom. The fourth-order valence-electron chi connectivity index (χ4n) is 3.15. The first-order valence-electron chi connectivity index (χ1n) is 8.61. The molecule has 2 heterocycles. The van der Waals surface area contributed by atoms with Crippen molar-refractivity contribution in [2.24, 2.45) is 0 Å². The standard InChI is InChI=1S/C18H24N2O4/c1-2-23-15-7-5-14(6-8-15)17(21)19-9-11-20(12-10-19)18(22)16-4-3-13-24-16/h5-8,16H,2-4,9-13H2,1H3. The smallest absolute Gasteiger partial charge is 0.253 e. The Kier molecular flexibility index (Phi) is 5.35. The van der Waals surface area contributed by atoms with Crippen molar-refractivity contribution in [3.8, 4) is 5.75 Å². The van der Waals surface area contributed by atoms with E-state index in [0.717, 1.165) is 18.6 Å². The van der Waals surface area contributed by atoms with Crippen molar-refractivity contribution >= 4 is 11.8 Å². The van der Waals surface area contributed by atoms with E-state index in [0.29, 0.717) is 45.0 Å². The lowest BCUT2D eigenvalue weighted by atomic mass is 10.1. The minimum absolute atomic E-state index is 0.00210. The van der Waals surface area contributed by atoms with Gasteiger partial charge in [-0.3, -0.25) is 9.59 Å². The normalized spacial score (nSPS) is 21.0. The highest BCUT2D eigenvalue weighted by Gasteiger charge is 2.31. The molecular weight excluding hydrogens is 308 g/mol. The number of amides is 2. The van der Waals surface area contributed by atoms with Crippen molar-refractivity contribution in [2.75, 3.05) is 39.4 Å². The second-order valence-corrected chi connectivity index (χ2v) is 6.08. The first-order chi connectivity index (χ1) is 11.7. The lowest BCUT2D eigenvalue weighted by molar-refractivity contribution is -0.142. The molecule has 1 aromatic carbocycles. The third-order valence-corrected chi connectivity index (χ3v) is 4.50. The third kappa shape index (κ3) is 3.70. The second kappa shape index (κ2) is 7.66. The van der Waals surface area contributed by atoms with E-state index in [1.165, 1.54) is 0 Å². The molecule has 2 fully saturated rings. The van der Waals surface area contributed by atoms with Crippen LogP contribution in [0.4, 0.5) is 0 Å². The Morgan fingerprint density at radius 1 is 1.12 bits per heavy atom. The second-order valence-electron chi connectivity index (χ2n) is 6.08. The van der Waals surface area contributed by atoms with E-state index in [-0.39, 0.29) is 17.9 Å². The number of benzene rings is 1. The van der Waals surface area contributed by atoms with Gasteiger partial charge in [0.25, 0.3) is 11.8 Å². The van der Waals surface area contributed by atoms with Crippen molar-refractivity contribution < 1.29 is 19.1 Å². The number of rotatable bonds is 4. The topological polar surface area (TPSA) is 59.1 Å². The van der Waals surface area contributed by atoms with Crippen LogP contribution in [0.25, 0.3) is 0 Å². The Morgan fingerprint density at radius 3 is 2.38 bits per heavy atom. The van der Waals surface area contributed by atoms with Gasteiger partial charge in [-0.25, -0.2) is 0 Å². The van der Waals surface area contributed by atoms with Gasteiger partial charge in [-0.15, -0.1) is 0 Å². The molecule has 0 saturated carbocycles. The van der Waals surface area contributed by atoms with E-state index < -0.39 is 0 Å². The quantitative estimate of drug-likeness (QED) is 0.839. The maximum atomic E-state index is 12.6. The van der Waals surface area contributed by atoms with Crippen LogP contribution in [0.1, 0.15) is 30.1 Å². The molecular formula is C18H24N2O4. The van der Waals surface area contributed by atoms with E-state index in [1.807, 2.05) is 24.0 Å². The molecule has 6 heteroatoms. The lowest BCUT2D eigenvalue weighted by Gasteiger charge is -2.35. The van der Waals surface area contributed by atoms with Crippen LogP contribution in [0.2, 0.25) is 0 Å². The van der Waals surface area contributed by atoms with Gasteiger partial charge in [0.05, 0.1) is 6.61 Å². The van der Waals surface area contributed by atoms with Crippen molar-refractivity contribution in [1.82, 2.24) is 9.80 Å². The van der Waals surface area contributed by atoms with Crippen LogP contribution >= 0.6 is 0 Å². The molecule has 1 unspecified atom stereocenters. The number of carbonyl (C=O) groups excluding carboxylic acids is 2. The van der Waals surface area contributed by atoms with Crippen LogP contribution in [-0.2, 0) is 9.53 Å². The molecule has 0 bridgehead atoms.